The fourth-order valence-electron chi connectivity index (χ4n) is 2.84. The lowest BCUT2D eigenvalue weighted by atomic mass is 9.82. The van der Waals surface area contributed by atoms with Gasteiger partial charge in [-0.25, -0.2) is 4.98 Å². The van der Waals surface area contributed by atoms with Crippen molar-refractivity contribution in [3.8, 4) is 5.88 Å². The first-order valence-electron chi connectivity index (χ1n) is 6.97. The fourth-order valence-corrected chi connectivity index (χ4v) is 2.84. The van der Waals surface area contributed by atoms with Crippen LogP contribution < -0.4 is 10.1 Å². The van der Waals surface area contributed by atoms with Crippen molar-refractivity contribution in [2.45, 2.75) is 39.2 Å². The number of ether oxygens (including phenoxy) is 1. The molecule has 3 nitrogen and oxygen atoms in total. The summed E-state index contributed by atoms with van der Waals surface area (Å²) >= 11 is 0. The van der Waals surface area contributed by atoms with Crippen molar-refractivity contribution >= 4 is 0 Å². The van der Waals surface area contributed by atoms with Crippen LogP contribution in [0.25, 0.3) is 0 Å². The molecule has 0 aromatic carbocycles. The van der Waals surface area contributed by atoms with Gasteiger partial charge in [-0.15, -0.1) is 0 Å². The van der Waals surface area contributed by atoms with E-state index in [1.54, 1.807) is 13.3 Å². The molecule has 100 valence electrons. The van der Waals surface area contributed by atoms with Crippen LogP contribution in [0, 0.1) is 11.8 Å². The van der Waals surface area contributed by atoms with E-state index < -0.39 is 0 Å². The van der Waals surface area contributed by atoms with Gasteiger partial charge in [-0.3, -0.25) is 0 Å². The highest BCUT2D eigenvalue weighted by Gasteiger charge is 2.18. The van der Waals surface area contributed by atoms with Crippen LogP contribution in [-0.2, 0) is 6.54 Å². The summed E-state index contributed by atoms with van der Waals surface area (Å²) in [5.41, 5.74) is 1.24. The Balaban J connectivity index is 1.74. The Bertz CT molecular complexity index is 367. The summed E-state index contributed by atoms with van der Waals surface area (Å²) < 4.78 is 5.13. The van der Waals surface area contributed by atoms with Gasteiger partial charge in [0.05, 0.1) is 7.11 Å². The lowest BCUT2D eigenvalue weighted by Crippen LogP contribution is -2.26. The van der Waals surface area contributed by atoms with Crippen LogP contribution in [0.5, 0.6) is 5.88 Å². The van der Waals surface area contributed by atoms with Gasteiger partial charge in [0.15, 0.2) is 0 Å². The molecule has 1 heterocycles. The lowest BCUT2D eigenvalue weighted by Gasteiger charge is -2.26. The zero-order valence-corrected chi connectivity index (χ0v) is 11.5. The highest BCUT2D eigenvalue weighted by Crippen LogP contribution is 2.27. The van der Waals surface area contributed by atoms with Gasteiger partial charge in [-0.2, -0.15) is 0 Å². The zero-order chi connectivity index (χ0) is 12.8. The lowest BCUT2D eigenvalue weighted by molar-refractivity contribution is 0.274. The zero-order valence-electron chi connectivity index (χ0n) is 11.5. The molecule has 1 N–H and O–H groups in total. The van der Waals surface area contributed by atoms with E-state index in [1.165, 1.54) is 31.2 Å². The van der Waals surface area contributed by atoms with Gasteiger partial charge in [-0.1, -0.05) is 19.8 Å². The van der Waals surface area contributed by atoms with E-state index in [2.05, 4.69) is 17.2 Å². The van der Waals surface area contributed by atoms with Crippen LogP contribution in [0.3, 0.4) is 0 Å². The van der Waals surface area contributed by atoms with E-state index in [1.807, 2.05) is 12.1 Å². The van der Waals surface area contributed by atoms with Gasteiger partial charge >= 0.3 is 0 Å². The molecule has 1 aliphatic carbocycles. The number of rotatable bonds is 5. The molecule has 2 rings (SSSR count). The monoisotopic (exact) mass is 248 g/mol. The van der Waals surface area contributed by atoms with E-state index in [0.717, 1.165) is 24.9 Å². The summed E-state index contributed by atoms with van der Waals surface area (Å²) in [5, 5.41) is 3.56. The van der Waals surface area contributed by atoms with Crippen LogP contribution >= 0.6 is 0 Å². The first kappa shape index (κ1) is 13.3. The minimum absolute atomic E-state index is 0.695. The minimum atomic E-state index is 0.695. The van der Waals surface area contributed by atoms with Crippen LogP contribution in [0.4, 0.5) is 0 Å². The molecule has 1 aromatic heterocycles. The molecule has 0 spiro atoms. The second kappa shape index (κ2) is 6.74. The molecule has 0 bridgehead atoms. The Labute approximate surface area is 110 Å². The third-order valence-electron chi connectivity index (χ3n) is 3.82. The van der Waals surface area contributed by atoms with Crippen molar-refractivity contribution in [3.05, 3.63) is 23.9 Å². The molecule has 1 saturated carbocycles. The summed E-state index contributed by atoms with van der Waals surface area (Å²) in [6.07, 6.45) is 7.39. The average molecular weight is 248 g/mol. The number of nitrogens with one attached hydrogen (secondary N) is 1. The van der Waals surface area contributed by atoms with Crippen molar-refractivity contribution in [2.24, 2.45) is 11.8 Å². The molecule has 0 aliphatic heterocycles. The van der Waals surface area contributed by atoms with Gasteiger partial charge in [0.1, 0.15) is 0 Å². The Morgan fingerprint density at radius 3 is 3.11 bits per heavy atom. The van der Waals surface area contributed by atoms with Gasteiger partial charge in [0.25, 0.3) is 0 Å². The highest BCUT2D eigenvalue weighted by atomic mass is 16.5. The van der Waals surface area contributed by atoms with Crippen LogP contribution in [0.15, 0.2) is 18.3 Å². The summed E-state index contributed by atoms with van der Waals surface area (Å²) in [6, 6.07) is 4.04. The first-order chi connectivity index (χ1) is 8.78. The Kier molecular flexibility index (Phi) is 5.00. The van der Waals surface area contributed by atoms with E-state index in [4.69, 9.17) is 4.74 Å². The molecule has 18 heavy (non-hydrogen) atoms. The third-order valence-corrected chi connectivity index (χ3v) is 3.82. The van der Waals surface area contributed by atoms with Crippen LogP contribution in [0.2, 0.25) is 0 Å². The van der Waals surface area contributed by atoms with Crippen molar-refractivity contribution in [2.75, 3.05) is 13.7 Å². The standard InChI is InChI=1S/C15H24N2O/c1-12-4-3-5-13(8-12)10-16-11-14-6-7-17-15(9-14)18-2/h6-7,9,12-13,16H,3-5,8,10-11H2,1-2H3. The van der Waals surface area contributed by atoms with Crippen molar-refractivity contribution < 1.29 is 4.74 Å². The molecule has 1 fully saturated rings. The predicted molar refractivity (Wildman–Crippen MR) is 73.6 cm³/mol. The number of nitrogens with zero attached hydrogens (tertiary/aromatic N) is 1. The number of hydrogen-bond acceptors (Lipinski definition) is 3. The Hall–Kier alpha value is -1.09. The summed E-state index contributed by atoms with van der Waals surface area (Å²) in [7, 11) is 1.66. The SMILES string of the molecule is COc1cc(CNCC2CCCC(C)C2)ccn1. The summed E-state index contributed by atoms with van der Waals surface area (Å²) in [6.45, 7) is 4.42. The second-order valence-corrected chi connectivity index (χ2v) is 5.48. The smallest absolute Gasteiger partial charge is 0.213 e. The molecule has 0 radical (unpaired) electrons. The molecule has 1 aliphatic rings. The average Bonchev–Trinajstić information content (AvgIpc) is 2.39. The normalized spacial score (nSPS) is 23.9. The molecule has 1 aromatic rings. The first-order valence-corrected chi connectivity index (χ1v) is 6.97. The maximum absolute atomic E-state index is 5.13. The van der Waals surface area contributed by atoms with Crippen LogP contribution in [0.1, 0.15) is 38.2 Å². The van der Waals surface area contributed by atoms with Gasteiger partial charge < -0.3 is 10.1 Å². The van der Waals surface area contributed by atoms with E-state index >= 15 is 0 Å². The molecule has 3 heteroatoms. The van der Waals surface area contributed by atoms with Gasteiger partial charge in [0.2, 0.25) is 5.88 Å². The fraction of sp³-hybridized carbons (Fsp3) is 0.667. The molecule has 2 atom stereocenters. The number of pyridine rings is 1. The van der Waals surface area contributed by atoms with E-state index in [9.17, 15) is 0 Å². The summed E-state index contributed by atoms with van der Waals surface area (Å²) in [5.74, 6) is 2.46. The Morgan fingerprint density at radius 1 is 1.44 bits per heavy atom. The minimum Gasteiger partial charge on any atom is -0.481 e. The highest BCUT2D eigenvalue weighted by molar-refractivity contribution is 5.20. The molecular weight excluding hydrogens is 224 g/mol. The maximum Gasteiger partial charge on any atom is 0.213 e. The molecule has 2 unspecified atom stereocenters. The van der Waals surface area contributed by atoms with Crippen molar-refractivity contribution in [1.82, 2.24) is 10.3 Å². The number of hydrogen-bond donors (Lipinski definition) is 1. The van der Waals surface area contributed by atoms with Gasteiger partial charge in [-0.05, 0) is 42.9 Å². The van der Waals surface area contributed by atoms with Crippen molar-refractivity contribution in [1.29, 1.82) is 0 Å². The predicted octanol–water partition coefficient (Wildman–Crippen LogP) is 3.01. The quantitative estimate of drug-likeness (QED) is 0.869. The van der Waals surface area contributed by atoms with Crippen molar-refractivity contribution in [3.63, 3.8) is 0 Å². The van der Waals surface area contributed by atoms with E-state index in [0.29, 0.717) is 5.88 Å². The number of methoxy groups -OCH3 is 1. The molecule has 0 amide bonds. The summed E-state index contributed by atoms with van der Waals surface area (Å²) in [4.78, 5) is 4.12. The second-order valence-electron chi connectivity index (χ2n) is 5.48. The largest absolute Gasteiger partial charge is 0.481 e. The molecular formula is C15H24N2O. The van der Waals surface area contributed by atoms with Crippen LogP contribution in [-0.4, -0.2) is 18.6 Å². The topological polar surface area (TPSA) is 34.1 Å². The number of aromatic nitrogens is 1. The van der Waals surface area contributed by atoms with Gasteiger partial charge in [0, 0.05) is 18.8 Å². The van der Waals surface area contributed by atoms with E-state index in [-0.39, 0.29) is 0 Å². The molecule has 0 saturated heterocycles. The Morgan fingerprint density at radius 2 is 2.33 bits per heavy atom. The third kappa shape index (κ3) is 3.98. The maximum atomic E-state index is 5.13.